The highest BCUT2D eigenvalue weighted by Crippen LogP contribution is 2.30. The second kappa shape index (κ2) is 6.58. The van der Waals surface area contributed by atoms with Crippen LogP contribution in [0.2, 0.25) is 0 Å². The minimum Gasteiger partial charge on any atom is -0.337 e. The summed E-state index contributed by atoms with van der Waals surface area (Å²) in [6, 6.07) is 10.6. The van der Waals surface area contributed by atoms with Crippen molar-refractivity contribution in [1.82, 2.24) is 9.88 Å². The van der Waals surface area contributed by atoms with Crippen LogP contribution in [-0.4, -0.2) is 28.9 Å². The molecule has 1 aliphatic heterocycles. The third kappa shape index (κ3) is 3.89. The fraction of sp³-hybridized carbons (Fsp3) is 0.429. The van der Waals surface area contributed by atoms with E-state index >= 15 is 0 Å². The molecule has 0 aliphatic carbocycles. The second-order valence-electron chi connectivity index (χ2n) is 8.00. The molecule has 3 rings (SSSR count). The first kappa shape index (κ1) is 17.6. The molecular formula is C21H25FN2O. The zero-order chi connectivity index (χ0) is 18.2. The lowest BCUT2D eigenvalue weighted by molar-refractivity contribution is 0.0494. The number of likely N-dealkylation sites (tertiary alicyclic amines) is 1. The number of rotatable bonds is 3. The Morgan fingerprint density at radius 2 is 1.96 bits per heavy atom. The van der Waals surface area contributed by atoms with Gasteiger partial charge < -0.3 is 4.90 Å². The van der Waals surface area contributed by atoms with E-state index in [9.17, 15) is 9.18 Å². The van der Waals surface area contributed by atoms with Crippen LogP contribution < -0.4 is 0 Å². The Morgan fingerprint density at radius 1 is 1.24 bits per heavy atom. The molecule has 0 saturated carbocycles. The van der Waals surface area contributed by atoms with Crippen molar-refractivity contribution in [2.75, 3.05) is 13.1 Å². The molecule has 1 aliphatic rings. The van der Waals surface area contributed by atoms with Crippen molar-refractivity contribution in [3.05, 3.63) is 64.7 Å². The number of halogens is 1. The summed E-state index contributed by atoms with van der Waals surface area (Å²) in [4.78, 5) is 18.6. The van der Waals surface area contributed by atoms with Gasteiger partial charge >= 0.3 is 0 Å². The lowest BCUT2D eigenvalue weighted by atomic mass is 9.80. The molecule has 0 radical (unpaired) electrons. The van der Waals surface area contributed by atoms with Gasteiger partial charge in [0.25, 0.3) is 5.91 Å². The summed E-state index contributed by atoms with van der Waals surface area (Å²) in [5, 5.41) is 0. The highest BCUT2D eigenvalue weighted by Gasteiger charge is 2.33. The maximum Gasteiger partial charge on any atom is 0.272 e. The van der Waals surface area contributed by atoms with Gasteiger partial charge in [0.2, 0.25) is 0 Å². The number of hydrogen-bond donors (Lipinski definition) is 0. The van der Waals surface area contributed by atoms with Crippen molar-refractivity contribution in [3.63, 3.8) is 0 Å². The van der Waals surface area contributed by atoms with E-state index in [1.807, 2.05) is 30.0 Å². The molecule has 0 unspecified atom stereocenters. The molecule has 0 atom stereocenters. The molecule has 1 saturated heterocycles. The monoisotopic (exact) mass is 340 g/mol. The molecule has 0 N–H and O–H groups in total. The zero-order valence-electron chi connectivity index (χ0n) is 15.3. The molecule has 132 valence electrons. The summed E-state index contributed by atoms with van der Waals surface area (Å²) >= 11 is 0. The second-order valence-corrected chi connectivity index (χ2v) is 8.00. The Balaban J connectivity index is 1.66. The first-order valence-corrected chi connectivity index (χ1v) is 8.76. The normalized spacial score (nSPS) is 15.2. The lowest BCUT2D eigenvalue weighted by Gasteiger charge is -2.40. The van der Waals surface area contributed by atoms with Crippen molar-refractivity contribution in [3.8, 4) is 0 Å². The molecule has 3 nitrogen and oxygen atoms in total. The molecule has 2 heterocycles. The van der Waals surface area contributed by atoms with E-state index in [1.165, 1.54) is 11.6 Å². The number of aromatic nitrogens is 1. The number of pyridine rings is 1. The van der Waals surface area contributed by atoms with Gasteiger partial charge in [0.05, 0.1) is 0 Å². The van der Waals surface area contributed by atoms with Crippen molar-refractivity contribution >= 4 is 5.91 Å². The highest BCUT2D eigenvalue weighted by atomic mass is 19.1. The molecule has 0 bridgehead atoms. The average molecular weight is 340 g/mol. The van der Waals surface area contributed by atoms with Crippen molar-refractivity contribution < 1.29 is 9.18 Å². The quantitative estimate of drug-likeness (QED) is 0.841. The fourth-order valence-corrected chi connectivity index (χ4v) is 3.42. The number of hydrogen-bond acceptors (Lipinski definition) is 2. The third-order valence-electron chi connectivity index (χ3n) is 4.74. The summed E-state index contributed by atoms with van der Waals surface area (Å²) in [6.45, 7) is 9.66. The molecular weight excluding hydrogens is 315 g/mol. The molecule has 1 amide bonds. The van der Waals surface area contributed by atoms with E-state index in [0.717, 1.165) is 30.8 Å². The highest BCUT2D eigenvalue weighted by molar-refractivity contribution is 5.92. The van der Waals surface area contributed by atoms with Gasteiger partial charge in [-0.05, 0) is 60.1 Å². The van der Waals surface area contributed by atoms with Gasteiger partial charge in [-0.1, -0.05) is 32.9 Å². The summed E-state index contributed by atoms with van der Waals surface area (Å²) in [5.41, 5.74) is 3.50. The topological polar surface area (TPSA) is 33.2 Å². The van der Waals surface area contributed by atoms with Gasteiger partial charge in [0.1, 0.15) is 11.5 Å². The van der Waals surface area contributed by atoms with Gasteiger partial charge in [0.15, 0.2) is 0 Å². The fourth-order valence-electron chi connectivity index (χ4n) is 3.42. The van der Waals surface area contributed by atoms with Crippen LogP contribution in [0.5, 0.6) is 0 Å². The lowest BCUT2D eigenvalue weighted by Crippen LogP contribution is -2.51. The van der Waals surface area contributed by atoms with Gasteiger partial charge in [-0.3, -0.25) is 4.79 Å². The van der Waals surface area contributed by atoms with E-state index in [0.29, 0.717) is 11.6 Å². The largest absolute Gasteiger partial charge is 0.337 e. The van der Waals surface area contributed by atoms with Crippen LogP contribution in [0, 0.1) is 18.7 Å². The Kier molecular flexibility index (Phi) is 4.63. The Bertz CT molecular complexity index is 789. The first-order chi connectivity index (χ1) is 11.7. The first-order valence-electron chi connectivity index (χ1n) is 8.76. The average Bonchev–Trinajstić information content (AvgIpc) is 2.50. The van der Waals surface area contributed by atoms with Crippen LogP contribution in [0.3, 0.4) is 0 Å². The smallest absolute Gasteiger partial charge is 0.272 e. The number of carbonyl (C=O) groups is 1. The van der Waals surface area contributed by atoms with Crippen molar-refractivity contribution in [2.24, 2.45) is 5.92 Å². The van der Waals surface area contributed by atoms with Crippen LogP contribution in [0.4, 0.5) is 4.39 Å². The van der Waals surface area contributed by atoms with Crippen molar-refractivity contribution in [2.45, 2.75) is 39.5 Å². The van der Waals surface area contributed by atoms with Gasteiger partial charge in [-0.15, -0.1) is 0 Å². The van der Waals surface area contributed by atoms with Gasteiger partial charge in [0, 0.05) is 18.8 Å². The summed E-state index contributed by atoms with van der Waals surface area (Å²) in [6.07, 6.45) is 0.873. The third-order valence-corrected chi connectivity index (χ3v) is 4.74. The Hall–Kier alpha value is -2.23. The summed E-state index contributed by atoms with van der Waals surface area (Å²) in [5.74, 6) is 0.222. The number of benzene rings is 1. The van der Waals surface area contributed by atoms with Crippen LogP contribution in [0.15, 0.2) is 36.4 Å². The maximum atomic E-state index is 13.6. The molecule has 2 aromatic rings. The predicted molar refractivity (Wildman–Crippen MR) is 97.2 cm³/mol. The molecule has 1 fully saturated rings. The Labute approximate surface area is 148 Å². The van der Waals surface area contributed by atoms with E-state index in [1.54, 1.807) is 12.1 Å². The van der Waals surface area contributed by atoms with Crippen molar-refractivity contribution in [1.29, 1.82) is 0 Å². The molecule has 4 heteroatoms. The minimum absolute atomic E-state index is 0.00454. The van der Waals surface area contributed by atoms with Crippen LogP contribution >= 0.6 is 0 Å². The van der Waals surface area contributed by atoms with Gasteiger partial charge in [-0.2, -0.15) is 0 Å². The zero-order valence-corrected chi connectivity index (χ0v) is 15.3. The summed E-state index contributed by atoms with van der Waals surface area (Å²) in [7, 11) is 0. The number of amides is 1. The van der Waals surface area contributed by atoms with E-state index in [4.69, 9.17) is 0 Å². The molecule has 1 aromatic carbocycles. The number of nitrogens with zero attached hydrogens (tertiary/aromatic N) is 2. The Morgan fingerprint density at radius 3 is 2.60 bits per heavy atom. The predicted octanol–water partition coefficient (Wildman–Crippen LogP) is 4.14. The maximum absolute atomic E-state index is 13.6. The molecule has 0 spiro atoms. The SMILES string of the molecule is Cc1cccc(C(=O)N2CC(Cc3ccc(F)cc3C(C)(C)C)C2)n1. The number of carbonyl (C=O) groups excluding carboxylic acids is 1. The van der Waals surface area contributed by atoms with E-state index < -0.39 is 0 Å². The van der Waals surface area contributed by atoms with Crippen LogP contribution in [0.1, 0.15) is 48.1 Å². The van der Waals surface area contributed by atoms with Crippen LogP contribution in [-0.2, 0) is 11.8 Å². The van der Waals surface area contributed by atoms with Crippen LogP contribution in [0.25, 0.3) is 0 Å². The summed E-state index contributed by atoms with van der Waals surface area (Å²) < 4.78 is 13.6. The minimum atomic E-state index is -0.190. The molecule has 25 heavy (non-hydrogen) atoms. The standard InChI is InChI=1S/C21H25FN2O/c1-14-6-5-7-19(23-14)20(25)24-12-15(13-24)10-16-8-9-17(22)11-18(16)21(2,3)4/h5-9,11,15H,10,12-13H2,1-4H3. The van der Waals surface area contributed by atoms with E-state index in [2.05, 4.69) is 25.8 Å². The van der Waals surface area contributed by atoms with E-state index in [-0.39, 0.29) is 17.1 Å². The van der Waals surface area contributed by atoms with Gasteiger partial charge in [-0.25, -0.2) is 9.37 Å². The molecule has 1 aromatic heterocycles. The number of aryl methyl sites for hydroxylation is 1.